The van der Waals surface area contributed by atoms with Gasteiger partial charge in [0.1, 0.15) is 0 Å². The number of nitrogens with one attached hydrogen (secondary N) is 1. The Morgan fingerprint density at radius 2 is 1.59 bits per heavy atom. The molecule has 0 radical (unpaired) electrons. The molecule has 0 aromatic heterocycles. The lowest BCUT2D eigenvalue weighted by molar-refractivity contribution is -0.119. The number of amides is 1. The summed E-state index contributed by atoms with van der Waals surface area (Å²) in [6.45, 7) is 0.555. The maximum absolute atomic E-state index is 12.6. The van der Waals surface area contributed by atoms with Crippen molar-refractivity contribution in [3.8, 4) is 0 Å². The number of benzene rings is 2. The molecule has 0 saturated carbocycles. The predicted molar refractivity (Wildman–Crippen MR) is 109 cm³/mol. The molecule has 29 heavy (non-hydrogen) atoms. The molecule has 0 bridgehead atoms. The number of nitrogens with zero attached hydrogens (tertiary/aromatic N) is 1. The Labute approximate surface area is 174 Å². The first-order valence-electron chi connectivity index (χ1n) is 9.19. The van der Waals surface area contributed by atoms with E-state index in [2.05, 4.69) is 5.32 Å². The molecule has 1 N–H and O–H groups in total. The van der Waals surface area contributed by atoms with Crippen molar-refractivity contribution >= 4 is 39.2 Å². The van der Waals surface area contributed by atoms with Crippen molar-refractivity contribution < 1.29 is 22.7 Å². The largest absolute Gasteiger partial charge is 0.452 e. The van der Waals surface area contributed by atoms with Crippen LogP contribution in [0.4, 0.5) is 5.69 Å². The van der Waals surface area contributed by atoms with Gasteiger partial charge in [-0.25, -0.2) is 13.2 Å². The number of carbonyl (C=O) groups excluding carboxylic acids is 2. The minimum Gasteiger partial charge on any atom is -0.452 e. The second-order valence-electron chi connectivity index (χ2n) is 6.62. The third-order valence-electron chi connectivity index (χ3n) is 4.51. The summed E-state index contributed by atoms with van der Waals surface area (Å²) in [7, 11) is -3.56. The van der Waals surface area contributed by atoms with E-state index < -0.39 is 28.5 Å². The van der Waals surface area contributed by atoms with Crippen LogP contribution in [-0.2, 0) is 19.6 Å². The molecule has 1 heterocycles. The number of halogens is 1. The van der Waals surface area contributed by atoms with E-state index in [0.717, 1.165) is 19.3 Å². The van der Waals surface area contributed by atoms with Gasteiger partial charge in [-0.05, 0) is 61.4 Å². The van der Waals surface area contributed by atoms with Gasteiger partial charge in [0.25, 0.3) is 5.91 Å². The Hall–Kier alpha value is -2.42. The number of carbonyl (C=O) groups is 2. The van der Waals surface area contributed by atoms with Crippen LogP contribution < -0.4 is 5.32 Å². The standard InChI is InChI=1S/C20H21ClN2O5S/c21-16-6-8-17(9-7-16)22-19(24)14-28-20(25)15-4-10-18(11-5-15)29(26,27)23-12-2-1-3-13-23/h4-11H,1-3,12-14H2,(H,22,24). The molecule has 0 unspecified atom stereocenters. The Morgan fingerprint density at radius 3 is 2.21 bits per heavy atom. The number of anilines is 1. The van der Waals surface area contributed by atoms with Gasteiger partial charge in [-0.3, -0.25) is 4.79 Å². The van der Waals surface area contributed by atoms with E-state index in [4.69, 9.17) is 16.3 Å². The lowest BCUT2D eigenvalue weighted by atomic mass is 10.2. The molecule has 1 saturated heterocycles. The van der Waals surface area contributed by atoms with Crippen LogP contribution in [0.2, 0.25) is 5.02 Å². The van der Waals surface area contributed by atoms with Crippen molar-refractivity contribution in [2.24, 2.45) is 0 Å². The third-order valence-corrected chi connectivity index (χ3v) is 6.67. The number of rotatable bonds is 6. The van der Waals surface area contributed by atoms with Crippen LogP contribution in [0.15, 0.2) is 53.4 Å². The fourth-order valence-electron chi connectivity index (χ4n) is 2.96. The molecule has 1 aliphatic heterocycles. The number of sulfonamides is 1. The zero-order valence-electron chi connectivity index (χ0n) is 15.6. The average molecular weight is 437 g/mol. The molecule has 3 rings (SSSR count). The predicted octanol–water partition coefficient (Wildman–Crippen LogP) is 3.31. The first-order valence-corrected chi connectivity index (χ1v) is 11.0. The summed E-state index contributed by atoms with van der Waals surface area (Å²) in [4.78, 5) is 24.2. The molecule has 2 aromatic carbocycles. The Balaban J connectivity index is 1.56. The van der Waals surface area contributed by atoms with Crippen molar-refractivity contribution in [2.75, 3.05) is 25.0 Å². The summed E-state index contributed by atoms with van der Waals surface area (Å²) in [5, 5.41) is 3.12. The van der Waals surface area contributed by atoms with Gasteiger partial charge in [0, 0.05) is 23.8 Å². The van der Waals surface area contributed by atoms with Gasteiger partial charge in [0.2, 0.25) is 10.0 Å². The van der Waals surface area contributed by atoms with Gasteiger partial charge >= 0.3 is 5.97 Å². The Kier molecular flexibility index (Phi) is 6.89. The van der Waals surface area contributed by atoms with Crippen molar-refractivity contribution in [3.05, 3.63) is 59.1 Å². The van der Waals surface area contributed by atoms with E-state index >= 15 is 0 Å². The monoisotopic (exact) mass is 436 g/mol. The zero-order chi connectivity index (χ0) is 20.9. The summed E-state index contributed by atoms with van der Waals surface area (Å²) in [6, 6.07) is 12.0. The summed E-state index contributed by atoms with van der Waals surface area (Å²) in [5.41, 5.74) is 0.699. The minimum atomic E-state index is -3.56. The zero-order valence-corrected chi connectivity index (χ0v) is 17.2. The highest BCUT2D eigenvalue weighted by atomic mass is 35.5. The van der Waals surface area contributed by atoms with Crippen LogP contribution in [0.3, 0.4) is 0 Å². The fraction of sp³-hybridized carbons (Fsp3) is 0.300. The summed E-state index contributed by atoms with van der Waals surface area (Å²) in [5.74, 6) is -1.21. The maximum Gasteiger partial charge on any atom is 0.338 e. The van der Waals surface area contributed by atoms with E-state index in [1.165, 1.54) is 28.6 Å². The van der Waals surface area contributed by atoms with Gasteiger partial charge < -0.3 is 10.1 Å². The van der Waals surface area contributed by atoms with E-state index in [0.29, 0.717) is 23.8 Å². The second-order valence-corrected chi connectivity index (χ2v) is 8.99. The third kappa shape index (κ3) is 5.56. The number of hydrogen-bond acceptors (Lipinski definition) is 5. The summed E-state index contributed by atoms with van der Waals surface area (Å²) in [6.07, 6.45) is 2.73. The summed E-state index contributed by atoms with van der Waals surface area (Å²) < 4.78 is 31.7. The van der Waals surface area contributed by atoms with E-state index in [1.54, 1.807) is 24.3 Å². The molecule has 1 aliphatic rings. The lowest BCUT2D eigenvalue weighted by Gasteiger charge is -2.25. The summed E-state index contributed by atoms with van der Waals surface area (Å²) >= 11 is 5.78. The average Bonchev–Trinajstić information content (AvgIpc) is 2.74. The van der Waals surface area contributed by atoms with Gasteiger partial charge in [0.15, 0.2) is 6.61 Å². The smallest absolute Gasteiger partial charge is 0.338 e. The first kappa shape index (κ1) is 21.3. The van der Waals surface area contributed by atoms with Crippen molar-refractivity contribution in [2.45, 2.75) is 24.2 Å². The Bertz CT molecular complexity index is 969. The van der Waals surface area contributed by atoms with Crippen LogP contribution in [0.1, 0.15) is 29.6 Å². The molecular formula is C20H21ClN2O5S. The molecule has 0 atom stereocenters. The Morgan fingerprint density at radius 1 is 0.966 bits per heavy atom. The topological polar surface area (TPSA) is 92.8 Å². The molecule has 154 valence electrons. The van der Waals surface area contributed by atoms with Gasteiger partial charge in [-0.2, -0.15) is 4.31 Å². The van der Waals surface area contributed by atoms with Crippen LogP contribution in [0.25, 0.3) is 0 Å². The fourth-order valence-corrected chi connectivity index (χ4v) is 4.61. The number of hydrogen-bond donors (Lipinski definition) is 1. The number of esters is 1. The SMILES string of the molecule is O=C(COC(=O)c1ccc(S(=O)(=O)N2CCCCC2)cc1)Nc1ccc(Cl)cc1. The van der Waals surface area contributed by atoms with Crippen LogP contribution >= 0.6 is 11.6 Å². The molecular weight excluding hydrogens is 416 g/mol. The molecule has 1 amide bonds. The quantitative estimate of drug-likeness (QED) is 0.701. The van der Waals surface area contributed by atoms with Crippen molar-refractivity contribution in [3.63, 3.8) is 0 Å². The highest BCUT2D eigenvalue weighted by molar-refractivity contribution is 7.89. The second kappa shape index (κ2) is 9.39. The molecule has 7 nitrogen and oxygen atoms in total. The first-order chi connectivity index (χ1) is 13.9. The van der Waals surface area contributed by atoms with Crippen LogP contribution in [-0.4, -0.2) is 44.3 Å². The molecule has 9 heteroatoms. The molecule has 0 aliphatic carbocycles. The highest BCUT2D eigenvalue weighted by Crippen LogP contribution is 2.21. The van der Waals surface area contributed by atoms with Crippen molar-refractivity contribution in [1.82, 2.24) is 4.31 Å². The van der Waals surface area contributed by atoms with Crippen molar-refractivity contribution in [1.29, 1.82) is 0 Å². The minimum absolute atomic E-state index is 0.136. The van der Waals surface area contributed by atoms with E-state index in [9.17, 15) is 18.0 Å². The molecule has 2 aromatic rings. The number of piperidine rings is 1. The maximum atomic E-state index is 12.6. The normalized spacial score (nSPS) is 14.9. The molecule has 1 fully saturated rings. The number of ether oxygens (including phenoxy) is 1. The van der Waals surface area contributed by atoms with Gasteiger partial charge in [-0.15, -0.1) is 0 Å². The van der Waals surface area contributed by atoms with Crippen LogP contribution in [0.5, 0.6) is 0 Å². The molecule has 0 spiro atoms. The van der Waals surface area contributed by atoms with E-state index in [-0.39, 0.29) is 10.5 Å². The van der Waals surface area contributed by atoms with E-state index in [1.807, 2.05) is 0 Å². The van der Waals surface area contributed by atoms with Gasteiger partial charge in [0.05, 0.1) is 10.5 Å². The highest BCUT2D eigenvalue weighted by Gasteiger charge is 2.26. The van der Waals surface area contributed by atoms with Gasteiger partial charge in [-0.1, -0.05) is 18.0 Å². The lowest BCUT2D eigenvalue weighted by Crippen LogP contribution is -2.35. The van der Waals surface area contributed by atoms with Crippen LogP contribution in [0, 0.1) is 0 Å².